The van der Waals surface area contributed by atoms with Crippen molar-refractivity contribution in [2.75, 3.05) is 4.90 Å². The van der Waals surface area contributed by atoms with Crippen molar-refractivity contribution in [3.8, 4) is 6.07 Å². The molecule has 1 fully saturated rings. The third kappa shape index (κ3) is 3.80. The zero-order chi connectivity index (χ0) is 23.4. The van der Waals surface area contributed by atoms with Crippen LogP contribution in [-0.2, 0) is 23.8 Å². The predicted octanol–water partition coefficient (Wildman–Crippen LogP) is 4.00. The molecule has 1 aliphatic heterocycles. The van der Waals surface area contributed by atoms with Crippen molar-refractivity contribution in [1.29, 1.82) is 5.26 Å². The Kier molecular flexibility index (Phi) is 5.00. The molecule has 0 radical (unpaired) electrons. The Morgan fingerprint density at radius 3 is 2.26 bits per heavy atom. The molecule has 0 atom stereocenters. The summed E-state index contributed by atoms with van der Waals surface area (Å²) in [4.78, 5) is 27.1. The number of imide groups is 1. The minimum absolute atomic E-state index is 0.423. The van der Waals surface area contributed by atoms with Crippen molar-refractivity contribution < 1.29 is 35.9 Å². The summed E-state index contributed by atoms with van der Waals surface area (Å²) in [5, 5.41) is 12.4. The summed E-state index contributed by atoms with van der Waals surface area (Å²) in [5.74, 6) is -0.890. The summed E-state index contributed by atoms with van der Waals surface area (Å²) in [6.07, 6.45) is -8.39. The van der Waals surface area contributed by atoms with Gasteiger partial charge in [0.2, 0.25) is 0 Å². The van der Waals surface area contributed by atoms with E-state index in [1.807, 2.05) is 0 Å². The molecular weight excluding hydrogens is 432 g/mol. The van der Waals surface area contributed by atoms with Crippen LogP contribution in [0.2, 0.25) is 0 Å². The van der Waals surface area contributed by atoms with Gasteiger partial charge < -0.3 is 0 Å². The number of rotatable bonds is 3. The number of halogens is 6. The van der Waals surface area contributed by atoms with Gasteiger partial charge in [0.1, 0.15) is 12.2 Å². The van der Waals surface area contributed by atoms with E-state index < -0.39 is 58.9 Å². The maximum absolute atomic E-state index is 13.3. The van der Waals surface area contributed by atoms with E-state index in [1.165, 1.54) is 19.9 Å². The second-order valence-electron chi connectivity index (χ2n) is 7.16. The molecule has 164 valence electrons. The van der Waals surface area contributed by atoms with Gasteiger partial charge in [-0.05, 0) is 32.0 Å². The Balaban J connectivity index is 1.98. The predicted molar refractivity (Wildman–Crippen MR) is 92.2 cm³/mol. The second-order valence-corrected chi connectivity index (χ2v) is 7.16. The van der Waals surface area contributed by atoms with Gasteiger partial charge in [0.15, 0.2) is 0 Å². The van der Waals surface area contributed by atoms with Crippen LogP contribution in [0.25, 0.3) is 0 Å². The summed E-state index contributed by atoms with van der Waals surface area (Å²) in [6, 6.07) is 2.69. The van der Waals surface area contributed by atoms with Crippen LogP contribution in [0.15, 0.2) is 30.6 Å². The zero-order valence-corrected chi connectivity index (χ0v) is 15.9. The van der Waals surface area contributed by atoms with E-state index in [1.54, 1.807) is 0 Å². The van der Waals surface area contributed by atoms with Crippen LogP contribution < -0.4 is 4.90 Å². The third-order valence-corrected chi connectivity index (χ3v) is 4.76. The number of aromatic nitrogens is 2. The molecule has 7 nitrogen and oxygen atoms in total. The monoisotopic (exact) mass is 445 g/mol. The number of urea groups is 1. The highest BCUT2D eigenvalue weighted by atomic mass is 19.4. The number of benzene rings is 1. The highest BCUT2D eigenvalue weighted by molar-refractivity contribution is 6.22. The lowest BCUT2D eigenvalue weighted by molar-refractivity contribution is -0.138. The molecule has 1 aliphatic rings. The lowest BCUT2D eigenvalue weighted by atomic mass is 10.0. The van der Waals surface area contributed by atoms with Gasteiger partial charge in [-0.3, -0.25) is 14.4 Å². The maximum Gasteiger partial charge on any atom is 0.419 e. The van der Waals surface area contributed by atoms with E-state index in [0.29, 0.717) is 23.4 Å². The van der Waals surface area contributed by atoms with Crippen LogP contribution in [-0.4, -0.2) is 32.2 Å². The highest BCUT2D eigenvalue weighted by Gasteiger charge is 2.52. The Bertz CT molecular complexity index is 1100. The molecule has 3 amide bonds. The summed E-state index contributed by atoms with van der Waals surface area (Å²) >= 11 is 0. The minimum atomic E-state index is -4.91. The van der Waals surface area contributed by atoms with E-state index in [9.17, 15) is 35.9 Å². The van der Waals surface area contributed by atoms with Crippen LogP contribution in [0.1, 0.15) is 30.5 Å². The Labute approximate surface area is 171 Å². The van der Waals surface area contributed by atoms with E-state index in [2.05, 4.69) is 5.10 Å². The quantitative estimate of drug-likeness (QED) is 0.528. The van der Waals surface area contributed by atoms with Crippen LogP contribution in [0.5, 0.6) is 0 Å². The molecule has 1 saturated heterocycles. The molecule has 2 heterocycles. The Morgan fingerprint density at radius 1 is 1.10 bits per heavy atom. The molecule has 0 spiro atoms. The summed E-state index contributed by atoms with van der Waals surface area (Å²) in [7, 11) is 0. The van der Waals surface area contributed by atoms with Crippen molar-refractivity contribution in [2.45, 2.75) is 38.4 Å². The lowest BCUT2D eigenvalue weighted by Crippen LogP contribution is -2.45. The molecule has 0 saturated carbocycles. The van der Waals surface area contributed by atoms with Gasteiger partial charge >= 0.3 is 18.4 Å². The third-order valence-electron chi connectivity index (χ3n) is 4.76. The molecule has 1 aromatic carbocycles. The largest absolute Gasteiger partial charge is 0.419 e. The van der Waals surface area contributed by atoms with Crippen LogP contribution >= 0.6 is 0 Å². The Morgan fingerprint density at radius 2 is 1.74 bits per heavy atom. The van der Waals surface area contributed by atoms with Crippen molar-refractivity contribution in [3.63, 3.8) is 0 Å². The van der Waals surface area contributed by atoms with Crippen molar-refractivity contribution >= 4 is 17.6 Å². The van der Waals surface area contributed by atoms with Gasteiger partial charge in [-0.25, -0.2) is 9.69 Å². The first-order valence-electron chi connectivity index (χ1n) is 8.55. The summed E-state index contributed by atoms with van der Waals surface area (Å²) in [5.41, 5.74) is -5.10. The molecule has 1 aromatic heterocycles. The van der Waals surface area contributed by atoms with Crippen LogP contribution in [0, 0.1) is 11.3 Å². The van der Waals surface area contributed by atoms with Crippen molar-refractivity contribution in [1.82, 2.24) is 14.7 Å². The molecule has 2 aromatic rings. The number of carbonyl (C=O) groups is 2. The SMILES string of the molecule is CC1(C)C(=O)N(c2ccc(C#N)c(C(F)(F)F)c2)C(=O)N1Cn1cc(C(F)(F)F)cn1. The topological polar surface area (TPSA) is 82.2 Å². The number of hydrogen-bond donors (Lipinski definition) is 0. The molecule has 0 unspecified atom stereocenters. The lowest BCUT2D eigenvalue weighted by Gasteiger charge is -2.27. The van der Waals surface area contributed by atoms with Crippen molar-refractivity contribution in [3.05, 3.63) is 47.3 Å². The fourth-order valence-corrected chi connectivity index (χ4v) is 3.04. The maximum atomic E-state index is 13.3. The molecular formula is C18H13F6N5O2. The fourth-order valence-electron chi connectivity index (χ4n) is 3.04. The van der Waals surface area contributed by atoms with E-state index in [4.69, 9.17) is 5.26 Å². The zero-order valence-electron chi connectivity index (χ0n) is 15.9. The number of nitrogens with zero attached hydrogens (tertiary/aromatic N) is 5. The van der Waals surface area contributed by atoms with E-state index in [-0.39, 0.29) is 0 Å². The Hall–Kier alpha value is -3.56. The first-order chi connectivity index (χ1) is 14.2. The number of alkyl halides is 6. The molecule has 13 heteroatoms. The number of carbonyl (C=O) groups excluding carboxylic acids is 2. The van der Waals surface area contributed by atoms with Gasteiger partial charge in [0.25, 0.3) is 5.91 Å². The van der Waals surface area contributed by atoms with Gasteiger partial charge in [0.05, 0.1) is 34.6 Å². The molecule has 0 N–H and O–H groups in total. The smallest absolute Gasteiger partial charge is 0.290 e. The number of anilines is 1. The molecule has 0 aliphatic carbocycles. The summed E-state index contributed by atoms with van der Waals surface area (Å²) < 4.78 is 78.9. The van der Waals surface area contributed by atoms with Gasteiger partial charge in [-0.2, -0.15) is 36.7 Å². The van der Waals surface area contributed by atoms with Gasteiger partial charge in [-0.15, -0.1) is 0 Å². The normalized spacial score (nSPS) is 16.7. The number of nitriles is 1. The number of hydrogen-bond acceptors (Lipinski definition) is 4. The van der Waals surface area contributed by atoms with Crippen molar-refractivity contribution in [2.24, 2.45) is 0 Å². The highest BCUT2D eigenvalue weighted by Crippen LogP contribution is 2.38. The average Bonchev–Trinajstić information content (AvgIpc) is 3.19. The van der Waals surface area contributed by atoms with Crippen LogP contribution in [0.3, 0.4) is 0 Å². The average molecular weight is 445 g/mol. The van der Waals surface area contributed by atoms with Gasteiger partial charge in [0, 0.05) is 6.20 Å². The molecule has 31 heavy (non-hydrogen) atoms. The number of amides is 3. The minimum Gasteiger partial charge on any atom is -0.290 e. The fraction of sp³-hybridized carbons (Fsp3) is 0.333. The first-order valence-corrected chi connectivity index (χ1v) is 8.55. The van der Waals surface area contributed by atoms with Gasteiger partial charge in [-0.1, -0.05) is 0 Å². The second kappa shape index (κ2) is 7.00. The molecule has 3 rings (SSSR count). The standard InChI is InChI=1S/C18H13F6N5O2/c1-16(2)14(30)29(12-4-3-10(6-25)13(5-12)18(22,23)24)15(31)28(16)9-27-8-11(7-26-27)17(19,20)21/h3-5,7-8H,9H2,1-2H3. The van der Waals surface area contributed by atoms with E-state index >= 15 is 0 Å². The van der Waals surface area contributed by atoms with Crippen LogP contribution in [0.4, 0.5) is 36.8 Å². The van der Waals surface area contributed by atoms with E-state index in [0.717, 1.165) is 21.7 Å². The summed E-state index contributed by atoms with van der Waals surface area (Å²) in [6.45, 7) is 2.05. The molecule has 0 bridgehead atoms. The first kappa shape index (κ1) is 22.1.